The molecule has 1 heterocycles. The zero-order valence-corrected chi connectivity index (χ0v) is 15.6. The standard InChI is InChI=1S/C18H23ClN2O5/c1-11(2)7-16(22)20-12-3-4-15(19)14(8-12)18(25)21-5-6-26-10-13(21)9-17(23)24/h3-4,8,11,13H,5-7,9-10H2,1-2H3,(H,20,22)(H,23,24). The predicted molar refractivity (Wildman–Crippen MR) is 97.4 cm³/mol. The molecule has 1 aliphatic rings. The quantitative estimate of drug-likeness (QED) is 0.788. The fourth-order valence-corrected chi connectivity index (χ4v) is 3.00. The lowest BCUT2D eigenvalue weighted by Gasteiger charge is -2.35. The van der Waals surface area contributed by atoms with Crippen molar-refractivity contribution in [1.82, 2.24) is 4.90 Å². The van der Waals surface area contributed by atoms with Crippen molar-refractivity contribution in [2.24, 2.45) is 5.92 Å². The molecule has 0 aromatic heterocycles. The summed E-state index contributed by atoms with van der Waals surface area (Å²) in [7, 11) is 0. The summed E-state index contributed by atoms with van der Waals surface area (Å²) >= 11 is 6.18. The van der Waals surface area contributed by atoms with Gasteiger partial charge in [0.25, 0.3) is 5.91 Å². The summed E-state index contributed by atoms with van der Waals surface area (Å²) < 4.78 is 5.30. The van der Waals surface area contributed by atoms with Crippen molar-refractivity contribution in [1.29, 1.82) is 0 Å². The summed E-state index contributed by atoms with van der Waals surface area (Å²) in [6, 6.07) is 4.15. The zero-order valence-electron chi connectivity index (χ0n) is 14.8. The molecule has 0 saturated carbocycles. The molecule has 2 rings (SSSR count). The molecule has 2 N–H and O–H groups in total. The van der Waals surface area contributed by atoms with Crippen molar-refractivity contribution in [2.75, 3.05) is 25.1 Å². The van der Waals surface area contributed by atoms with Crippen molar-refractivity contribution in [3.8, 4) is 0 Å². The summed E-state index contributed by atoms with van der Waals surface area (Å²) in [5.74, 6) is -1.30. The van der Waals surface area contributed by atoms with E-state index in [0.29, 0.717) is 18.7 Å². The molecule has 1 aliphatic heterocycles. The van der Waals surface area contributed by atoms with Gasteiger partial charge in [0.2, 0.25) is 5.91 Å². The minimum absolute atomic E-state index is 0.143. The molecule has 8 heteroatoms. The Hall–Kier alpha value is -2.12. The number of carboxylic acid groups (broad SMARTS) is 1. The van der Waals surface area contributed by atoms with Gasteiger partial charge in [0, 0.05) is 18.7 Å². The topological polar surface area (TPSA) is 95.9 Å². The number of carboxylic acids is 1. The Balaban J connectivity index is 2.20. The fourth-order valence-electron chi connectivity index (χ4n) is 2.80. The monoisotopic (exact) mass is 382 g/mol. The van der Waals surface area contributed by atoms with Crippen molar-refractivity contribution < 1.29 is 24.2 Å². The van der Waals surface area contributed by atoms with E-state index < -0.39 is 12.0 Å². The maximum Gasteiger partial charge on any atom is 0.305 e. The first-order valence-electron chi connectivity index (χ1n) is 8.47. The number of rotatable bonds is 6. The van der Waals surface area contributed by atoms with Crippen LogP contribution < -0.4 is 5.32 Å². The molecule has 26 heavy (non-hydrogen) atoms. The third kappa shape index (κ3) is 5.44. The molecule has 2 amide bonds. The molecule has 1 unspecified atom stereocenters. The first-order chi connectivity index (χ1) is 12.3. The van der Waals surface area contributed by atoms with Crippen molar-refractivity contribution >= 4 is 35.1 Å². The number of nitrogens with one attached hydrogen (secondary N) is 1. The van der Waals surface area contributed by atoms with Crippen LogP contribution in [-0.4, -0.2) is 53.6 Å². The average Bonchev–Trinajstić information content (AvgIpc) is 2.55. The highest BCUT2D eigenvalue weighted by molar-refractivity contribution is 6.34. The Labute approximate surface area is 157 Å². The Kier molecular flexibility index (Phi) is 6.99. The van der Waals surface area contributed by atoms with Crippen molar-refractivity contribution in [3.63, 3.8) is 0 Å². The van der Waals surface area contributed by atoms with E-state index in [2.05, 4.69) is 5.32 Å². The van der Waals surface area contributed by atoms with E-state index in [4.69, 9.17) is 21.4 Å². The van der Waals surface area contributed by atoms with Crippen LogP contribution in [0.5, 0.6) is 0 Å². The largest absolute Gasteiger partial charge is 0.481 e. The third-order valence-corrected chi connectivity index (χ3v) is 4.30. The van der Waals surface area contributed by atoms with Gasteiger partial charge in [-0.3, -0.25) is 14.4 Å². The van der Waals surface area contributed by atoms with Gasteiger partial charge >= 0.3 is 5.97 Å². The number of hydrogen-bond donors (Lipinski definition) is 2. The second-order valence-corrected chi connectivity index (χ2v) is 7.07. The van der Waals surface area contributed by atoms with Gasteiger partial charge in [0.05, 0.1) is 36.3 Å². The number of morpholine rings is 1. The highest BCUT2D eigenvalue weighted by Crippen LogP contribution is 2.25. The zero-order chi connectivity index (χ0) is 19.3. The molecule has 7 nitrogen and oxygen atoms in total. The normalized spacial score (nSPS) is 17.2. The van der Waals surface area contributed by atoms with E-state index in [9.17, 15) is 14.4 Å². The Morgan fingerprint density at radius 2 is 2.12 bits per heavy atom. The summed E-state index contributed by atoms with van der Waals surface area (Å²) in [6.07, 6.45) is 0.171. The number of benzene rings is 1. The van der Waals surface area contributed by atoms with Gasteiger partial charge in [-0.2, -0.15) is 0 Å². The number of carbonyl (C=O) groups excluding carboxylic acids is 2. The average molecular weight is 383 g/mol. The molecule has 1 saturated heterocycles. The van der Waals surface area contributed by atoms with Crippen LogP contribution in [0.2, 0.25) is 5.02 Å². The Morgan fingerprint density at radius 1 is 1.38 bits per heavy atom. The Morgan fingerprint density at radius 3 is 2.77 bits per heavy atom. The van der Waals surface area contributed by atoms with E-state index in [0.717, 1.165) is 0 Å². The van der Waals surface area contributed by atoms with Crippen LogP contribution in [0.3, 0.4) is 0 Å². The third-order valence-electron chi connectivity index (χ3n) is 3.97. The van der Waals surface area contributed by atoms with Crippen molar-refractivity contribution in [2.45, 2.75) is 32.7 Å². The first kappa shape index (κ1) is 20.2. The minimum Gasteiger partial charge on any atom is -0.481 e. The van der Waals surface area contributed by atoms with E-state index in [1.165, 1.54) is 11.0 Å². The number of halogens is 1. The number of ether oxygens (including phenoxy) is 1. The summed E-state index contributed by atoms with van der Waals surface area (Å²) in [5, 5.41) is 12.0. The predicted octanol–water partition coefficient (Wildman–Crippen LogP) is 2.64. The summed E-state index contributed by atoms with van der Waals surface area (Å²) in [6.45, 7) is 4.68. The number of aliphatic carboxylic acids is 1. The highest BCUT2D eigenvalue weighted by atomic mass is 35.5. The van der Waals surface area contributed by atoms with Crippen molar-refractivity contribution in [3.05, 3.63) is 28.8 Å². The number of amides is 2. The smallest absolute Gasteiger partial charge is 0.305 e. The highest BCUT2D eigenvalue weighted by Gasteiger charge is 2.30. The number of anilines is 1. The SMILES string of the molecule is CC(C)CC(=O)Nc1ccc(Cl)c(C(=O)N2CCOCC2CC(=O)O)c1. The van der Waals surface area contributed by atoms with Crippen LogP contribution in [0.25, 0.3) is 0 Å². The maximum absolute atomic E-state index is 12.9. The molecule has 1 aromatic rings. The van der Waals surface area contributed by atoms with Gasteiger partial charge in [-0.1, -0.05) is 25.4 Å². The molecular weight excluding hydrogens is 360 g/mol. The fraction of sp³-hybridized carbons (Fsp3) is 0.500. The van der Waals surface area contributed by atoms with Crippen LogP contribution >= 0.6 is 11.6 Å². The lowest BCUT2D eigenvalue weighted by molar-refractivity contribution is -0.139. The minimum atomic E-state index is -1.00. The van der Waals surface area contributed by atoms with Crippen LogP contribution in [0, 0.1) is 5.92 Å². The second kappa shape index (κ2) is 9.00. The van der Waals surface area contributed by atoms with Gasteiger partial charge in [-0.15, -0.1) is 0 Å². The number of nitrogens with zero attached hydrogens (tertiary/aromatic N) is 1. The molecule has 1 aromatic carbocycles. The van der Waals surface area contributed by atoms with Crippen LogP contribution in [0.15, 0.2) is 18.2 Å². The Bertz CT molecular complexity index is 692. The van der Waals surface area contributed by atoms with Crippen LogP contribution in [0.1, 0.15) is 37.0 Å². The molecule has 0 spiro atoms. The molecule has 0 aliphatic carbocycles. The molecule has 1 fully saturated rings. The van der Waals surface area contributed by atoms with Gasteiger partial charge in [-0.25, -0.2) is 0 Å². The van der Waals surface area contributed by atoms with Gasteiger partial charge in [0.15, 0.2) is 0 Å². The molecule has 142 valence electrons. The lowest BCUT2D eigenvalue weighted by atomic mass is 10.1. The molecule has 0 bridgehead atoms. The van der Waals surface area contributed by atoms with Gasteiger partial charge in [-0.05, 0) is 24.1 Å². The lowest BCUT2D eigenvalue weighted by Crippen LogP contribution is -2.49. The maximum atomic E-state index is 12.9. The summed E-state index contributed by atoms with van der Waals surface area (Å²) in [4.78, 5) is 37.4. The number of hydrogen-bond acceptors (Lipinski definition) is 4. The molecular formula is C18H23ClN2O5. The van der Waals surface area contributed by atoms with E-state index in [1.807, 2.05) is 13.8 Å². The van der Waals surface area contributed by atoms with Gasteiger partial charge < -0.3 is 20.1 Å². The van der Waals surface area contributed by atoms with Crippen LogP contribution in [0.4, 0.5) is 5.69 Å². The van der Waals surface area contributed by atoms with Gasteiger partial charge in [0.1, 0.15) is 0 Å². The number of carbonyl (C=O) groups is 3. The van der Waals surface area contributed by atoms with Crippen LogP contribution in [-0.2, 0) is 14.3 Å². The second-order valence-electron chi connectivity index (χ2n) is 6.67. The van der Waals surface area contributed by atoms with E-state index in [1.54, 1.807) is 12.1 Å². The first-order valence-corrected chi connectivity index (χ1v) is 8.85. The van der Waals surface area contributed by atoms with E-state index in [-0.39, 0.29) is 47.9 Å². The van der Waals surface area contributed by atoms with E-state index >= 15 is 0 Å². The molecule has 0 radical (unpaired) electrons. The molecule has 1 atom stereocenters. The summed E-state index contributed by atoms with van der Waals surface area (Å²) in [5.41, 5.74) is 0.706.